The molecule has 3 nitrogen and oxygen atoms in total. The normalized spacial score (nSPS) is 21.8. The van der Waals surface area contributed by atoms with E-state index in [1.165, 1.54) is 0 Å². The van der Waals surface area contributed by atoms with Crippen molar-refractivity contribution in [2.75, 3.05) is 20.3 Å². The molecule has 1 fully saturated rings. The second kappa shape index (κ2) is 3.77. The van der Waals surface area contributed by atoms with Crippen LogP contribution < -0.4 is 10.1 Å². The van der Waals surface area contributed by atoms with E-state index >= 15 is 0 Å². The molecule has 0 amide bonds. The van der Waals surface area contributed by atoms with E-state index in [1.54, 1.807) is 7.11 Å². The van der Waals surface area contributed by atoms with E-state index in [9.17, 15) is 0 Å². The van der Waals surface area contributed by atoms with Gasteiger partial charge < -0.3 is 9.47 Å². The SMILES string of the molecule is COc1cccc(C2NCCO2)c1. The monoisotopic (exact) mass is 179 g/mol. The first-order chi connectivity index (χ1) is 6.40. The summed E-state index contributed by atoms with van der Waals surface area (Å²) in [5.74, 6) is 0.870. The first-order valence-corrected chi connectivity index (χ1v) is 4.39. The average Bonchev–Trinajstić information content (AvgIpc) is 2.71. The molecule has 1 aliphatic rings. The van der Waals surface area contributed by atoms with Crippen LogP contribution in [0.5, 0.6) is 5.75 Å². The quantitative estimate of drug-likeness (QED) is 0.742. The topological polar surface area (TPSA) is 30.5 Å². The van der Waals surface area contributed by atoms with E-state index in [2.05, 4.69) is 5.32 Å². The van der Waals surface area contributed by atoms with Gasteiger partial charge in [0, 0.05) is 6.54 Å². The number of nitrogens with one attached hydrogen (secondary N) is 1. The third-order valence-electron chi connectivity index (χ3n) is 2.11. The molecule has 1 saturated heterocycles. The summed E-state index contributed by atoms with van der Waals surface area (Å²) >= 11 is 0. The lowest BCUT2D eigenvalue weighted by Gasteiger charge is -2.10. The first kappa shape index (κ1) is 8.53. The minimum Gasteiger partial charge on any atom is -0.497 e. The highest BCUT2D eigenvalue weighted by atomic mass is 16.5. The van der Waals surface area contributed by atoms with Crippen LogP contribution in [0, 0.1) is 0 Å². The molecule has 1 aromatic rings. The molecule has 1 atom stereocenters. The maximum atomic E-state index is 5.47. The zero-order valence-corrected chi connectivity index (χ0v) is 7.62. The van der Waals surface area contributed by atoms with E-state index in [1.807, 2.05) is 24.3 Å². The summed E-state index contributed by atoms with van der Waals surface area (Å²) in [4.78, 5) is 0. The molecule has 1 N–H and O–H groups in total. The van der Waals surface area contributed by atoms with Crippen molar-refractivity contribution in [1.29, 1.82) is 0 Å². The summed E-state index contributed by atoms with van der Waals surface area (Å²) in [5.41, 5.74) is 1.12. The molecule has 2 rings (SSSR count). The Morgan fingerprint density at radius 3 is 3.15 bits per heavy atom. The maximum Gasteiger partial charge on any atom is 0.134 e. The third-order valence-corrected chi connectivity index (χ3v) is 2.11. The Morgan fingerprint density at radius 1 is 1.54 bits per heavy atom. The number of rotatable bonds is 2. The largest absolute Gasteiger partial charge is 0.497 e. The summed E-state index contributed by atoms with van der Waals surface area (Å²) < 4.78 is 10.6. The van der Waals surface area contributed by atoms with Crippen molar-refractivity contribution in [1.82, 2.24) is 5.32 Å². The van der Waals surface area contributed by atoms with Gasteiger partial charge in [0.25, 0.3) is 0 Å². The summed E-state index contributed by atoms with van der Waals surface area (Å²) in [6.45, 7) is 1.70. The molecule has 1 aliphatic heterocycles. The Kier molecular flexibility index (Phi) is 2.47. The Balaban J connectivity index is 2.18. The molecular weight excluding hydrogens is 166 g/mol. The lowest BCUT2D eigenvalue weighted by atomic mass is 10.2. The van der Waals surface area contributed by atoms with Crippen molar-refractivity contribution >= 4 is 0 Å². The van der Waals surface area contributed by atoms with E-state index < -0.39 is 0 Å². The number of benzene rings is 1. The highest BCUT2D eigenvalue weighted by Crippen LogP contribution is 2.21. The molecule has 0 aliphatic carbocycles. The molecular formula is C10H13NO2. The van der Waals surface area contributed by atoms with Crippen molar-refractivity contribution in [3.63, 3.8) is 0 Å². The van der Waals surface area contributed by atoms with Gasteiger partial charge in [-0.05, 0) is 17.7 Å². The van der Waals surface area contributed by atoms with Crippen LogP contribution in [0.2, 0.25) is 0 Å². The minimum atomic E-state index is 0.0371. The fourth-order valence-corrected chi connectivity index (χ4v) is 1.44. The van der Waals surface area contributed by atoms with Gasteiger partial charge in [-0.1, -0.05) is 12.1 Å². The Labute approximate surface area is 77.7 Å². The molecule has 0 aromatic heterocycles. The van der Waals surface area contributed by atoms with Crippen LogP contribution in [0.15, 0.2) is 24.3 Å². The van der Waals surface area contributed by atoms with Crippen LogP contribution in [0.3, 0.4) is 0 Å². The minimum absolute atomic E-state index is 0.0371. The van der Waals surface area contributed by atoms with Gasteiger partial charge in [0.15, 0.2) is 0 Å². The second-order valence-corrected chi connectivity index (χ2v) is 2.98. The van der Waals surface area contributed by atoms with Crippen molar-refractivity contribution in [3.05, 3.63) is 29.8 Å². The number of methoxy groups -OCH3 is 1. The van der Waals surface area contributed by atoms with E-state index in [0.29, 0.717) is 0 Å². The lowest BCUT2D eigenvalue weighted by Crippen LogP contribution is -2.13. The van der Waals surface area contributed by atoms with Crippen LogP contribution in [0.4, 0.5) is 0 Å². The van der Waals surface area contributed by atoms with Crippen LogP contribution in [-0.2, 0) is 4.74 Å². The van der Waals surface area contributed by atoms with Gasteiger partial charge in [0.1, 0.15) is 12.0 Å². The van der Waals surface area contributed by atoms with E-state index in [0.717, 1.165) is 24.5 Å². The summed E-state index contributed by atoms with van der Waals surface area (Å²) in [6, 6.07) is 7.92. The van der Waals surface area contributed by atoms with Crippen LogP contribution >= 0.6 is 0 Å². The molecule has 1 heterocycles. The molecule has 0 radical (unpaired) electrons. The molecule has 70 valence electrons. The first-order valence-electron chi connectivity index (χ1n) is 4.39. The predicted molar refractivity (Wildman–Crippen MR) is 49.7 cm³/mol. The van der Waals surface area contributed by atoms with Gasteiger partial charge in [0.2, 0.25) is 0 Å². The van der Waals surface area contributed by atoms with E-state index in [4.69, 9.17) is 9.47 Å². The molecule has 0 saturated carbocycles. The number of hydrogen-bond acceptors (Lipinski definition) is 3. The molecule has 3 heteroatoms. The van der Waals surface area contributed by atoms with Crippen LogP contribution in [0.25, 0.3) is 0 Å². The van der Waals surface area contributed by atoms with Gasteiger partial charge in [-0.15, -0.1) is 0 Å². The van der Waals surface area contributed by atoms with Gasteiger partial charge in [-0.3, -0.25) is 5.32 Å². The highest BCUT2D eigenvalue weighted by molar-refractivity contribution is 5.29. The second-order valence-electron chi connectivity index (χ2n) is 2.98. The van der Waals surface area contributed by atoms with Crippen molar-refractivity contribution in [2.24, 2.45) is 0 Å². The number of hydrogen-bond donors (Lipinski definition) is 1. The van der Waals surface area contributed by atoms with E-state index in [-0.39, 0.29) is 6.23 Å². The molecule has 1 unspecified atom stereocenters. The fourth-order valence-electron chi connectivity index (χ4n) is 1.44. The zero-order chi connectivity index (χ0) is 9.10. The van der Waals surface area contributed by atoms with Crippen LogP contribution in [0.1, 0.15) is 11.8 Å². The van der Waals surface area contributed by atoms with Gasteiger partial charge in [-0.25, -0.2) is 0 Å². The van der Waals surface area contributed by atoms with Crippen molar-refractivity contribution in [2.45, 2.75) is 6.23 Å². The van der Waals surface area contributed by atoms with Crippen molar-refractivity contribution in [3.8, 4) is 5.75 Å². The fraction of sp³-hybridized carbons (Fsp3) is 0.400. The zero-order valence-electron chi connectivity index (χ0n) is 7.62. The maximum absolute atomic E-state index is 5.47. The molecule has 0 spiro atoms. The van der Waals surface area contributed by atoms with Gasteiger partial charge in [0.05, 0.1) is 13.7 Å². The Bertz CT molecular complexity index is 282. The molecule has 13 heavy (non-hydrogen) atoms. The molecule has 0 bridgehead atoms. The molecule has 1 aromatic carbocycles. The lowest BCUT2D eigenvalue weighted by molar-refractivity contribution is 0.102. The van der Waals surface area contributed by atoms with Crippen LogP contribution in [-0.4, -0.2) is 20.3 Å². The third kappa shape index (κ3) is 1.82. The standard InChI is InChI=1S/C10H13NO2/c1-12-9-4-2-3-8(7-9)10-11-5-6-13-10/h2-4,7,10-11H,5-6H2,1H3. The summed E-state index contributed by atoms with van der Waals surface area (Å²) in [5, 5.41) is 3.25. The smallest absolute Gasteiger partial charge is 0.134 e. The van der Waals surface area contributed by atoms with Crippen molar-refractivity contribution < 1.29 is 9.47 Å². The summed E-state index contributed by atoms with van der Waals surface area (Å²) in [6.07, 6.45) is 0.0371. The van der Waals surface area contributed by atoms with Gasteiger partial charge >= 0.3 is 0 Å². The number of ether oxygens (including phenoxy) is 2. The predicted octanol–water partition coefficient (Wildman–Crippen LogP) is 1.31. The highest BCUT2D eigenvalue weighted by Gasteiger charge is 2.16. The summed E-state index contributed by atoms with van der Waals surface area (Å²) in [7, 11) is 1.67. The van der Waals surface area contributed by atoms with Gasteiger partial charge in [-0.2, -0.15) is 0 Å². The average molecular weight is 179 g/mol. The Hall–Kier alpha value is -1.06. The Morgan fingerprint density at radius 2 is 2.46 bits per heavy atom.